The Hall–Kier alpha value is -2.20. The van der Waals surface area contributed by atoms with E-state index in [4.69, 9.17) is 11.6 Å². The summed E-state index contributed by atoms with van der Waals surface area (Å²) < 4.78 is 13.5. The van der Waals surface area contributed by atoms with E-state index in [1.165, 1.54) is 12.1 Å². The Kier molecular flexibility index (Phi) is 5.19. The molecule has 0 aliphatic carbocycles. The average molecular weight is 360 g/mol. The Morgan fingerprint density at radius 3 is 2.60 bits per heavy atom. The van der Waals surface area contributed by atoms with Crippen molar-refractivity contribution in [3.05, 3.63) is 70.0 Å². The molecule has 2 aromatic carbocycles. The van der Waals surface area contributed by atoms with Crippen molar-refractivity contribution in [3.63, 3.8) is 0 Å². The number of Topliss-reactive ketones (excluding diaryl/α,β-unsaturated/α-hetero) is 1. The Balaban J connectivity index is 1.64. The molecule has 3 rings (SSSR count). The molecule has 3 nitrogen and oxygen atoms in total. The molecular weight excluding hydrogens is 341 g/mol. The summed E-state index contributed by atoms with van der Waals surface area (Å²) in [5.74, 6) is -0.455. The second-order valence-electron chi connectivity index (χ2n) is 6.29. The van der Waals surface area contributed by atoms with E-state index >= 15 is 0 Å². The quantitative estimate of drug-likeness (QED) is 0.749. The van der Waals surface area contributed by atoms with Crippen LogP contribution in [0.5, 0.6) is 0 Å². The fraction of sp³-hybridized carbons (Fsp3) is 0.300. The van der Waals surface area contributed by atoms with E-state index in [1.54, 1.807) is 35.2 Å². The van der Waals surface area contributed by atoms with Crippen LogP contribution in [0.15, 0.2) is 42.5 Å². The van der Waals surface area contributed by atoms with Crippen LogP contribution in [-0.2, 0) is 11.2 Å². The smallest absolute Gasteiger partial charge is 0.223 e. The number of benzene rings is 2. The first kappa shape index (κ1) is 17.6. The summed E-state index contributed by atoms with van der Waals surface area (Å²) in [6.45, 7) is 2.49. The van der Waals surface area contributed by atoms with Crippen LogP contribution in [0.1, 0.15) is 47.3 Å². The van der Waals surface area contributed by atoms with Crippen LogP contribution in [0.3, 0.4) is 0 Å². The van der Waals surface area contributed by atoms with Crippen molar-refractivity contribution in [1.82, 2.24) is 4.90 Å². The van der Waals surface area contributed by atoms with Crippen LogP contribution in [-0.4, -0.2) is 23.1 Å². The summed E-state index contributed by atoms with van der Waals surface area (Å²) in [6, 6.07) is 11.2. The van der Waals surface area contributed by atoms with Crippen molar-refractivity contribution in [1.29, 1.82) is 0 Å². The van der Waals surface area contributed by atoms with Crippen LogP contribution in [0.25, 0.3) is 0 Å². The van der Waals surface area contributed by atoms with Gasteiger partial charge in [0, 0.05) is 30.0 Å². The van der Waals surface area contributed by atoms with Crippen LogP contribution in [0, 0.1) is 5.82 Å². The molecule has 0 bridgehead atoms. The first-order valence-electron chi connectivity index (χ1n) is 8.32. The van der Waals surface area contributed by atoms with Crippen molar-refractivity contribution < 1.29 is 14.0 Å². The van der Waals surface area contributed by atoms with Gasteiger partial charge in [0.25, 0.3) is 0 Å². The molecule has 130 valence electrons. The summed E-state index contributed by atoms with van der Waals surface area (Å²) in [5.41, 5.74) is 2.48. The zero-order valence-corrected chi connectivity index (χ0v) is 14.7. The highest BCUT2D eigenvalue weighted by molar-refractivity contribution is 6.30. The second kappa shape index (κ2) is 7.36. The van der Waals surface area contributed by atoms with Crippen molar-refractivity contribution in [3.8, 4) is 0 Å². The van der Waals surface area contributed by atoms with E-state index in [1.807, 2.05) is 6.92 Å². The van der Waals surface area contributed by atoms with Gasteiger partial charge in [0.1, 0.15) is 5.82 Å². The van der Waals surface area contributed by atoms with Crippen molar-refractivity contribution in [2.24, 2.45) is 0 Å². The Labute approximate surface area is 151 Å². The number of nitrogens with zero attached hydrogens (tertiary/aromatic N) is 1. The first-order valence-corrected chi connectivity index (χ1v) is 8.70. The average Bonchev–Trinajstić information content (AvgIpc) is 2.61. The molecule has 1 unspecified atom stereocenters. The Morgan fingerprint density at radius 2 is 1.88 bits per heavy atom. The zero-order valence-electron chi connectivity index (χ0n) is 14.0. The van der Waals surface area contributed by atoms with Crippen molar-refractivity contribution in [2.75, 3.05) is 6.54 Å². The Bertz CT molecular complexity index is 804. The molecule has 0 spiro atoms. The van der Waals surface area contributed by atoms with Gasteiger partial charge in [0.05, 0.1) is 6.04 Å². The van der Waals surface area contributed by atoms with Crippen molar-refractivity contribution in [2.45, 2.75) is 32.2 Å². The summed E-state index contributed by atoms with van der Waals surface area (Å²) in [6.07, 6.45) is 1.01. The molecule has 1 aliphatic heterocycles. The molecule has 1 amide bonds. The van der Waals surface area contributed by atoms with E-state index in [2.05, 4.69) is 0 Å². The number of halogens is 2. The fourth-order valence-electron chi connectivity index (χ4n) is 3.27. The third kappa shape index (κ3) is 3.90. The molecule has 0 radical (unpaired) electrons. The van der Waals surface area contributed by atoms with Gasteiger partial charge >= 0.3 is 0 Å². The number of hydrogen-bond acceptors (Lipinski definition) is 2. The minimum absolute atomic E-state index is 0.0790. The fourth-order valence-corrected chi connectivity index (χ4v) is 3.40. The maximum absolute atomic E-state index is 13.5. The lowest BCUT2D eigenvalue weighted by Crippen LogP contribution is -2.39. The minimum Gasteiger partial charge on any atom is -0.336 e. The molecule has 0 aromatic heterocycles. The minimum atomic E-state index is -0.294. The number of carbonyl (C=O) groups excluding carboxylic acids is 2. The van der Waals surface area contributed by atoms with E-state index in [-0.39, 0.29) is 36.4 Å². The lowest BCUT2D eigenvalue weighted by molar-refractivity contribution is -0.133. The normalized spacial score (nSPS) is 16.4. The second-order valence-corrected chi connectivity index (χ2v) is 6.72. The van der Waals surface area contributed by atoms with Crippen LogP contribution in [0.2, 0.25) is 5.02 Å². The topological polar surface area (TPSA) is 37.4 Å². The van der Waals surface area contributed by atoms with E-state index in [0.717, 1.165) is 11.1 Å². The molecule has 0 saturated carbocycles. The number of hydrogen-bond donors (Lipinski definition) is 0. The third-order valence-electron chi connectivity index (χ3n) is 4.70. The number of rotatable bonds is 4. The van der Waals surface area contributed by atoms with Gasteiger partial charge in [-0.1, -0.05) is 17.7 Å². The number of ketones is 1. The molecule has 0 fully saturated rings. The first-order chi connectivity index (χ1) is 12.0. The van der Waals surface area contributed by atoms with Gasteiger partial charge in [0.2, 0.25) is 5.91 Å². The summed E-state index contributed by atoms with van der Waals surface area (Å²) in [4.78, 5) is 26.5. The largest absolute Gasteiger partial charge is 0.336 e. The van der Waals surface area contributed by atoms with Gasteiger partial charge in [-0.05, 0) is 60.9 Å². The molecule has 0 N–H and O–H groups in total. The Morgan fingerprint density at radius 1 is 1.16 bits per heavy atom. The maximum Gasteiger partial charge on any atom is 0.223 e. The molecular formula is C20H19ClFNO2. The number of amides is 1. The van der Waals surface area contributed by atoms with E-state index in [9.17, 15) is 14.0 Å². The van der Waals surface area contributed by atoms with Gasteiger partial charge in [-0.3, -0.25) is 9.59 Å². The van der Waals surface area contributed by atoms with Crippen LogP contribution >= 0.6 is 11.6 Å². The molecule has 1 atom stereocenters. The highest BCUT2D eigenvalue weighted by Gasteiger charge is 2.28. The van der Waals surface area contributed by atoms with E-state index in [0.29, 0.717) is 23.6 Å². The van der Waals surface area contributed by atoms with Crippen LogP contribution < -0.4 is 0 Å². The van der Waals surface area contributed by atoms with Gasteiger partial charge in [-0.15, -0.1) is 0 Å². The SMILES string of the molecule is CC1c2cc(F)ccc2CCN1C(=O)CCC(=O)c1ccc(Cl)cc1. The molecule has 2 aromatic rings. The predicted molar refractivity (Wildman–Crippen MR) is 95.2 cm³/mol. The van der Waals surface area contributed by atoms with E-state index < -0.39 is 0 Å². The highest BCUT2D eigenvalue weighted by atomic mass is 35.5. The van der Waals surface area contributed by atoms with Gasteiger partial charge in [0.15, 0.2) is 5.78 Å². The molecule has 5 heteroatoms. The summed E-state index contributed by atoms with van der Waals surface area (Å²) in [7, 11) is 0. The lowest BCUT2D eigenvalue weighted by Gasteiger charge is -2.35. The van der Waals surface area contributed by atoms with Gasteiger partial charge in [-0.25, -0.2) is 4.39 Å². The molecule has 25 heavy (non-hydrogen) atoms. The number of fused-ring (bicyclic) bond motifs is 1. The standard InChI is InChI=1S/C20H19ClFNO2/c1-13-18-12-17(22)7-4-14(18)10-11-23(13)20(25)9-8-19(24)15-2-5-16(21)6-3-15/h2-7,12-13H,8-11H2,1H3. The summed E-state index contributed by atoms with van der Waals surface area (Å²) in [5, 5.41) is 0.570. The van der Waals surface area contributed by atoms with Gasteiger partial charge in [-0.2, -0.15) is 0 Å². The predicted octanol–water partition coefficient (Wildman–Crippen LogP) is 4.59. The summed E-state index contributed by atoms with van der Waals surface area (Å²) >= 11 is 5.82. The zero-order chi connectivity index (χ0) is 18.0. The molecule has 1 heterocycles. The molecule has 1 aliphatic rings. The number of carbonyl (C=O) groups is 2. The monoisotopic (exact) mass is 359 g/mol. The van der Waals surface area contributed by atoms with Crippen molar-refractivity contribution >= 4 is 23.3 Å². The third-order valence-corrected chi connectivity index (χ3v) is 4.95. The maximum atomic E-state index is 13.5. The highest BCUT2D eigenvalue weighted by Crippen LogP contribution is 2.30. The lowest BCUT2D eigenvalue weighted by atomic mass is 9.93. The van der Waals surface area contributed by atoms with Crippen LogP contribution in [0.4, 0.5) is 4.39 Å². The molecule has 0 saturated heterocycles. The van der Waals surface area contributed by atoms with Gasteiger partial charge < -0.3 is 4.90 Å².